The van der Waals surface area contributed by atoms with Gasteiger partial charge in [0.1, 0.15) is 0 Å². The van der Waals surface area contributed by atoms with Crippen LogP contribution in [0.25, 0.3) is 0 Å². The first kappa shape index (κ1) is 23.2. The van der Waals surface area contributed by atoms with Gasteiger partial charge in [-0.1, -0.05) is 77.4 Å². The van der Waals surface area contributed by atoms with E-state index in [9.17, 15) is 9.90 Å². The normalized spacial score (nSPS) is 12.6. The van der Waals surface area contributed by atoms with Crippen molar-refractivity contribution in [3.63, 3.8) is 0 Å². The van der Waals surface area contributed by atoms with E-state index in [1.807, 2.05) is 0 Å². The fourth-order valence-electron chi connectivity index (χ4n) is 2.77. The predicted octanol–water partition coefficient (Wildman–Crippen LogP) is 5.52. The van der Waals surface area contributed by atoms with Crippen LogP contribution in [0, 0.1) is 0 Å². The Morgan fingerprint density at radius 3 is 2.08 bits per heavy atom. The van der Waals surface area contributed by atoms with Crippen LogP contribution in [0.1, 0.15) is 104 Å². The highest BCUT2D eigenvalue weighted by Crippen LogP contribution is 2.10. The molecule has 0 rings (SSSR count). The molecular formula is C21H41NO2. The maximum absolute atomic E-state index is 11.8. The van der Waals surface area contributed by atoms with Crippen molar-refractivity contribution in [2.45, 2.75) is 110 Å². The fourth-order valence-corrected chi connectivity index (χ4v) is 2.77. The summed E-state index contributed by atoms with van der Waals surface area (Å²) in [7, 11) is 0. The summed E-state index contributed by atoms with van der Waals surface area (Å²) in [4.78, 5) is 11.8. The van der Waals surface area contributed by atoms with E-state index >= 15 is 0 Å². The molecule has 0 aromatic heterocycles. The maximum Gasteiger partial charge on any atom is 0.220 e. The number of unbranched alkanes of at least 4 members (excludes halogenated alkanes) is 9. The molecule has 0 fully saturated rings. The van der Waals surface area contributed by atoms with Gasteiger partial charge in [-0.2, -0.15) is 0 Å². The van der Waals surface area contributed by atoms with Crippen LogP contribution >= 0.6 is 0 Å². The minimum atomic E-state index is -0.0529. The van der Waals surface area contributed by atoms with Crippen LogP contribution < -0.4 is 5.32 Å². The predicted molar refractivity (Wildman–Crippen MR) is 104 cm³/mol. The van der Waals surface area contributed by atoms with Crippen molar-refractivity contribution in [3.05, 3.63) is 12.2 Å². The van der Waals surface area contributed by atoms with Gasteiger partial charge in [-0.05, 0) is 32.1 Å². The number of amides is 1. The minimum Gasteiger partial charge on any atom is -0.394 e. The van der Waals surface area contributed by atoms with Crippen molar-refractivity contribution in [1.29, 1.82) is 0 Å². The highest BCUT2D eigenvalue weighted by molar-refractivity contribution is 5.76. The van der Waals surface area contributed by atoms with Crippen LogP contribution in [0.5, 0.6) is 0 Å². The molecule has 0 radical (unpaired) electrons. The summed E-state index contributed by atoms with van der Waals surface area (Å²) in [6.45, 7) is 4.41. The lowest BCUT2D eigenvalue weighted by Gasteiger charge is -2.15. The van der Waals surface area contributed by atoms with Crippen LogP contribution in [-0.2, 0) is 4.79 Å². The molecule has 24 heavy (non-hydrogen) atoms. The number of nitrogens with one attached hydrogen (secondary N) is 1. The second kappa shape index (κ2) is 18.5. The molecule has 0 bridgehead atoms. The number of rotatable bonds is 17. The molecule has 1 amide bonds. The van der Waals surface area contributed by atoms with E-state index < -0.39 is 0 Å². The lowest BCUT2D eigenvalue weighted by atomic mass is 10.1. The zero-order valence-electron chi connectivity index (χ0n) is 16.2. The first-order valence-corrected chi connectivity index (χ1v) is 10.3. The Kier molecular flexibility index (Phi) is 17.9. The molecule has 0 aliphatic heterocycles. The van der Waals surface area contributed by atoms with Gasteiger partial charge < -0.3 is 10.4 Å². The fraction of sp³-hybridized carbons (Fsp3) is 0.857. The number of hydrogen-bond donors (Lipinski definition) is 2. The standard InChI is InChI=1S/C21H41NO2/c1-3-5-7-8-9-10-11-12-13-14-15-16-18-21(24)22-20(19-23)17-6-4-2/h8-9,20,23H,3-7,10-19H2,1-2H3,(H,22,24). The van der Waals surface area contributed by atoms with Gasteiger partial charge in [0.15, 0.2) is 0 Å². The average Bonchev–Trinajstić information content (AvgIpc) is 2.59. The van der Waals surface area contributed by atoms with Crippen LogP contribution in [-0.4, -0.2) is 23.7 Å². The molecule has 1 atom stereocenters. The summed E-state index contributed by atoms with van der Waals surface area (Å²) in [6.07, 6.45) is 20.5. The van der Waals surface area contributed by atoms with Crippen LogP contribution in [0.2, 0.25) is 0 Å². The SMILES string of the molecule is CCCCC=CCCCCCCCCC(=O)NC(CO)CCCC. The zero-order valence-corrected chi connectivity index (χ0v) is 16.2. The van der Waals surface area contributed by atoms with Gasteiger partial charge in [0.25, 0.3) is 0 Å². The number of allylic oxidation sites excluding steroid dienone is 2. The first-order valence-electron chi connectivity index (χ1n) is 10.3. The van der Waals surface area contributed by atoms with Gasteiger partial charge in [-0.3, -0.25) is 4.79 Å². The Labute approximate surface area is 150 Å². The van der Waals surface area contributed by atoms with Gasteiger partial charge in [-0.15, -0.1) is 0 Å². The van der Waals surface area contributed by atoms with E-state index in [-0.39, 0.29) is 18.6 Å². The third-order valence-corrected chi connectivity index (χ3v) is 4.41. The van der Waals surface area contributed by atoms with Gasteiger partial charge in [0.05, 0.1) is 12.6 Å². The molecule has 0 saturated heterocycles. The molecule has 0 heterocycles. The summed E-state index contributed by atoms with van der Waals surface area (Å²) in [5.74, 6) is 0.0994. The van der Waals surface area contributed by atoms with Crippen molar-refractivity contribution in [1.82, 2.24) is 5.32 Å². The molecule has 0 aromatic carbocycles. The lowest BCUT2D eigenvalue weighted by Crippen LogP contribution is -2.37. The Morgan fingerprint density at radius 1 is 0.875 bits per heavy atom. The summed E-state index contributed by atoms with van der Waals surface area (Å²) in [5.41, 5.74) is 0. The van der Waals surface area contributed by atoms with Crippen molar-refractivity contribution in [2.24, 2.45) is 0 Å². The van der Waals surface area contributed by atoms with Crippen molar-refractivity contribution < 1.29 is 9.90 Å². The Morgan fingerprint density at radius 2 is 1.46 bits per heavy atom. The van der Waals surface area contributed by atoms with E-state index in [4.69, 9.17) is 0 Å². The number of aliphatic hydroxyl groups excluding tert-OH is 1. The average molecular weight is 340 g/mol. The Hall–Kier alpha value is -0.830. The number of aliphatic hydroxyl groups is 1. The van der Waals surface area contributed by atoms with E-state index in [0.29, 0.717) is 6.42 Å². The molecule has 142 valence electrons. The quantitative estimate of drug-likeness (QED) is 0.271. The topological polar surface area (TPSA) is 49.3 Å². The van der Waals surface area contributed by atoms with Crippen LogP contribution in [0.15, 0.2) is 12.2 Å². The number of carbonyl (C=O) groups is 1. The molecule has 0 aliphatic carbocycles. The molecule has 0 saturated carbocycles. The second-order valence-electron chi connectivity index (χ2n) is 6.86. The molecule has 0 aromatic rings. The molecule has 3 heteroatoms. The lowest BCUT2D eigenvalue weighted by molar-refractivity contribution is -0.122. The van der Waals surface area contributed by atoms with Crippen molar-refractivity contribution in [3.8, 4) is 0 Å². The highest BCUT2D eigenvalue weighted by atomic mass is 16.3. The summed E-state index contributed by atoms with van der Waals surface area (Å²) in [5, 5.41) is 12.2. The number of hydrogen-bond acceptors (Lipinski definition) is 2. The van der Waals surface area contributed by atoms with Crippen molar-refractivity contribution >= 4 is 5.91 Å². The second-order valence-corrected chi connectivity index (χ2v) is 6.86. The Balaban J connectivity index is 3.39. The van der Waals surface area contributed by atoms with E-state index in [2.05, 4.69) is 31.3 Å². The minimum absolute atomic E-state index is 0.0529. The Bertz CT molecular complexity index is 302. The first-order chi connectivity index (χ1) is 11.7. The largest absolute Gasteiger partial charge is 0.394 e. The monoisotopic (exact) mass is 339 g/mol. The zero-order chi connectivity index (χ0) is 17.9. The van der Waals surface area contributed by atoms with Crippen LogP contribution in [0.3, 0.4) is 0 Å². The molecule has 3 nitrogen and oxygen atoms in total. The summed E-state index contributed by atoms with van der Waals surface area (Å²) < 4.78 is 0. The summed E-state index contributed by atoms with van der Waals surface area (Å²) in [6, 6.07) is -0.0529. The van der Waals surface area contributed by atoms with Gasteiger partial charge in [-0.25, -0.2) is 0 Å². The van der Waals surface area contributed by atoms with Gasteiger partial charge in [0, 0.05) is 6.42 Å². The van der Waals surface area contributed by atoms with Gasteiger partial charge >= 0.3 is 0 Å². The van der Waals surface area contributed by atoms with E-state index in [0.717, 1.165) is 32.1 Å². The third-order valence-electron chi connectivity index (χ3n) is 4.41. The highest BCUT2D eigenvalue weighted by Gasteiger charge is 2.10. The number of carbonyl (C=O) groups excluding carboxylic acids is 1. The molecule has 1 unspecified atom stereocenters. The molecule has 2 N–H and O–H groups in total. The maximum atomic E-state index is 11.8. The summed E-state index contributed by atoms with van der Waals surface area (Å²) >= 11 is 0. The molecule has 0 spiro atoms. The molecule has 0 aliphatic rings. The third kappa shape index (κ3) is 16.0. The van der Waals surface area contributed by atoms with E-state index in [1.165, 1.54) is 51.4 Å². The van der Waals surface area contributed by atoms with Gasteiger partial charge in [0.2, 0.25) is 5.91 Å². The smallest absolute Gasteiger partial charge is 0.220 e. The molecular weight excluding hydrogens is 298 g/mol. The van der Waals surface area contributed by atoms with Crippen molar-refractivity contribution in [2.75, 3.05) is 6.61 Å². The van der Waals surface area contributed by atoms with E-state index in [1.54, 1.807) is 0 Å². The van der Waals surface area contributed by atoms with Crippen LogP contribution in [0.4, 0.5) is 0 Å².